The van der Waals surface area contributed by atoms with Gasteiger partial charge in [-0.1, -0.05) is 50.6 Å². The number of carbonyl (C=O) groups is 1. The van der Waals surface area contributed by atoms with Gasteiger partial charge in [0.15, 0.2) is 0 Å². The fourth-order valence-electron chi connectivity index (χ4n) is 6.16. The van der Waals surface area contributed by atoms with Gasteiger partial charge >= 0.3 is 5.97 Å². The largest absolute Gasteiger partial charge is 0.480 e. The smallest absolute Gasteiger partial charge is 0.323 e. The predicted molar refractivity (Wildman–Crippen MR) is 159 cm³/mol. The number of hydrogen-bond acceptors (Lipinski definition) is 6. The maximum Gasteiger partial charge on any atom is 0.323 e. The molecule has 0 saturated carbocycles. The molecule has 2 unspecified atom stereocenters. The Labute approximate surface area is 236 Å². The molecule has 1 aliphatic carbocycles. The monoisotopic (exact) mass is 563 g/mol. The second-order valence-electron chi connectivity index (χ2n) is 10.3. The molecule has 0 spiro atoms. The van der Waals surface area contributed by atoms with Gasteiger partial charge in [0.05, 0.1) is 10.6 Å². The fourth-order valence-corrected chi connectivity index (χ4v) is 7.92. The van der Waals surface area contributed by atoms with Crippen molar-refractivity contribution in [2.24, 2.45) is 11.1 Å². The van der Waals surface area contributed by atoms with Crippen LogP contribution in [0.5, 0.6) is 0 Å². The minimum Gasteiger partial charge on any atom is -0.480 e. The zero-order valence-corrected chi connectivity index (χ0v) is 25.8. The van der Waals surface area contributed by atoms with E-state index in [1.807, 2.05) is 57.7 Å². The van der Waals surface area contributed by atoms with E-state index in [1.54, 1.807) is 10.4 Å². The van der Waals surface area contributed by atoms with Crippen LogP contribution in [0.3, 0.4) is 0 Å². The predicted octanol–water partition coefficient (Wildman–Crippen LogP) is 6.25. The van der Waals surface area contributed by atoms with E-state index in [-0.39, 0.29) is 12.5 Å². The lowest BCUT2D eigenvalue weighted by Crippen LogP contribution is -2.50. The van der Waals surface area contributed by atoms with E-state index in [9.17, 15) is 18.3 Å². The Morgan fingerprint density at radius 2 is 1.87 bits per heavy atom. The van der Waals surface area contributed by atoms with Gasteiger partial charge in [-0.2, -0.15) is 4.31 Å². The average molecular weight is 564 g/mol. The summed E-state index contributed by atoms with van der Waals surface area (Å²) in [5.41, 5.74) is 2.93. The van der Waals surface area contributed by atoms with Crippen LogP contribution in [0.1, 0.15) is 93.4 Å². The van der Waals surface area contributed by atoms with Gasteiger partial charge in [0.25, 0.3) is 0 Å². The van der Waals surface area contributed by atoms with E-state index >= 15 is 0 Å². The van der Waals surface area contributed by atoms with Crippen LogP contribution in [0.15, 0.2) is 51.2 Å². The third-order valence-electron chi connectivity index (χ3n) is 7.75. The highest BCUT2D eigenvalue weighted by atomic mass is 32.2. The molecule has 220 valence electrons. The van der Waals surface area contributed by atoms with Crippen molar-refractivity contribution in [1.29, 1.82) is 0 Å². The molecular formula is C30H49N3O5S. The molecule has 0 amide bonds. The van der Waals surface area contributed by atoms with Gasteiger partial charge in [-0.15, -0.1) is 0 Å². The molecule has 3 aliphatic rings. The van der Waals surface area contributed by atoms with Gasteiger partial charge in [0.2, 0.25) is 10.0 Å². The van der Waals surface area contributed by atoms with Crippen LogP contribution < -0.4 is 0 Å². The van der Waals surface area contributed by atoms with E-state index in [4.69, 9.17) is 4.84 Å². The summed E-state index contributed by atoms with van der Waals surface area (Å²) in [5.74, 6) is -1.09. The molecule has 39 heavy (non-hydrogen) atoms. The number of carboxylic acid groups (broad SMARTS) is 1. The zero-order valence-electron chi connectivity index (χ0n) is 25.0. The number of sulfonamides is 1. The Morgan fingerprint density at radius 1 is 1.21 bits per heavy atom. The average Bonchev–Trinajstić information content (AvgIpc) is 3.49. The topological polar surface area (TPSA) is 99.5 Å². The molecule has 2 aliphatic heterocycles. The van der Waals surface area contributed by atoms with E-state index < -0.39 is 21.5 Å². The van der Waals surface area contributed by atoms with Crippen LogP contribution in [-0.2, 0) is 19.7 Å². The molecule has 0 radical (unpaired) electrons. The van der Waals surface area contributed by atoms with Crippen LogP contribution in [0.25, 0.3) is 0 Å². The van der Waals surface area contributed by atoms with Gasteiger partial charge in [0.1, 0.15) is 13.2 Å². The third-order valence-corrected chi connectivity index (χ3v) is 9.75. The van der Waals surface area contributed by atoms with Crippen LogP contribution in [0.4, 0.5) is 0 Å². The van der Waals surface area contributed by atoms with E-state index in [0.29, 0.717) is 31.0 Å². The third kappa shape index (κ3) is 7.42. The second-order valence-corrected chi connectivity index (χ2v) is 12.2. The SMILES string of the molecule is CC.CCCC1(C)C(/C(C)=N/OCC)C(CC2=C/CC/C=C/C=C\2S(=O)(=O)N2CCCC2)=C(C)N1CC(=O)O. The molecule has 0 bridgehead atoms. The number of rotatable bonds is 11. The highest BCUT2D eigenvalue weighted by Gasteiger charge is 2.50. The summed E-state index contributed by atoms with van der Waals surface area (Å²) in [6.07, 6.45) is 13.0. The second kappa shape index (κ2) is 14.8. The van der Waals surface area contributed by atoms with Crippen molar-refractivity contribution in [3.05, 3.63) is 46.1 Å². The first kappa shape index (κ1) is 32.8. The lowest BCUT2D eigenvalue weighted by molar-refractivity contribution is -0.139. The first-order valence-electron chi connectivity index (χ1n) is 14.5. The Morgan fingerprint density at radius 3 is 2.46 bits per heavy atom. The molecule has 3 rings (SSSR count). The lowest BCUT2D eigenvalue weighted by Gasteiger charge is -2.41. The van der Waals surface area contributed by atoms with Crippen molar-refractivity contribution in [1.82, 2.24) is 9.21 Å². The van der Waals surface area contributed by atoms with Crippen molar-refractivity contribution >= 4 is 21.7 Å². The van der Waals surface area contributed by atoms with Crippen molar-refractivity contribution in [3.63, 3.8) is 0 Å². The van der Waals surface area contributed by atoms with E-state index in [2.05, 4.69) is 19.0 Å². The van der Waals surface area contributed by atoms with E-state index in [1.165, 1.54) is 0 Å². The van der Waals surface area contributed by atoms with E-state index in [0.717, 1.165) is 61.1 Å². The molecule has 1 N–H and O–H groups in total. The highest BCUT2D eigenvalue weighted by Crippen LogP contribution is 2.48. The molecule has 2 heterocycles. The Kier molecular flexibility index (Phi) is 12.5. The molecule has 1 saturated heterocycles. The number of hydrogen-bond donors (Lipinski definition) is 1. The maximum absolute atomic E-state index is 13.8. The Bertz CT molecular complexity index is 1110. The van der Waals surface area contributed by atoms with Gasteiger partial charge in [-0.05, 0) is 83.4 Å². The minimum atomic E-state index is -3.64. The summed E-state index contributed by atoms with van der Waals surface area (Å²) in [5, 5.41) is 14.2. The van der Waals surface area contributed by atoms with Crippen molar-refractivity contribution in [2.75, 3.05) is 26.2 Å². The number of allylic oxidation sites excluding steroid dienone is 6. The summed E-state index contributed by atoms with van der Waals surface area (Å²) in [6.45, 7) is 15.4. The number of carboxylic acids is 1. The first-order chi connectivity index (χ1) is 18.6. The van der Waals surface area contributed by atoms with Gasteiger partial charge in [-0.25, -0.2) is 8.42 Å². The fraction of sp³-hybridized carbons (Fsp3) is 0.667. The Balaban J connectivity index is 0.00000260. The van der Waals surface area contributed by atoms with Crippen molar-refractivity contribution in [3.8, 4) is 0 Å². The summed E-state index contributed by atoms with van der Waals surface area (Å²) in [7, 11) is -3.64. The highest BCUT2D eigenvalue weighted by molar-refractivity contribution is 7.93. The zero-order chi connectivity index (χ0) is 29.2. The molecule has 1 fully saturated rings. The molecule has 0 aromatic rings. The summed E-state index contributed by atoms with van der Waals surface area (Å²) in [4.78, 5) is 19.7. The molecule has 9 heteroatoms. The summed E-state index contributed by atoms with van der Waals surface area (Å²) >= 11 is 0. The van der Waals surface area contributed by atoms with Crippen molar-refractivity contribution < 1.29 is 23.2 Å². The van der Waals surface area contributed by atoms with Crippen LogP contribution in [0, 0.1) is 5.92 Å². The molecule has 0 aromatic heterocycles. The standard InChI is InChI=1S/C28H43N3O5S.C2H6/c1-6-16-28(5)27(21(3)29-36-7-2)24(22(4)31(28)20-26(32)33)19-23-14-10-8-9-11-15-25(23)37(34,35)30-17-12-13-18-30;1-2/h9,11,14-15,27H,6-8,10,12-13,16-20H2,1-5H3,(H,32,33);1-2H3/b11-9+,23-14-,25-15+,29-21+;. The minimum absolute atomic E-state index is 0.124. The van der Waals surface area contributed by atoms with Gasteiger partial charge in [0, 0.05) is 30.2 Å². The van der Waals surface area contributed by atoms with Crippen molar-refractivity contribution in [2.45, 2.75) is 99.0 Å². The molecular weight excluding hydrogens is 514 g/mol. The first-order valence-corrected chi connectivity index (χ1v) is 15.9. The maximum atomic E-state index is 13.8. The number of aliphatic carboxylic acids is 1. The molecule has 2 atom stereocenters. The van der Waals surface area contributed by atoms with Crippen LogP contribution >= 0.6 is 0 Å². The summed E-state index contributed by atoms with van der Waals surface area (Å²) in [6, 6.07) is 0. The quantitative estimate of drug-likeness (QED) is 0.236. The van der Waals surface area contributed by atoms with Crippen LogP contribution in [-0.4, -0.2) is 66.2 Å². The normalized spacial score (nSPS) is 28.0. The van der Waals surface area contributed by atoms with Crippen LogP contribution in [0.2, 0.25) is 0 Å². The van der Waals surface area contributed by atoms with Gasteiger partial charge in [-0.3, -0.25) is 4.79 Å². The summed E-state index contributed by atoms with van der Waals surface area (Å²) < 4.78 is 29.1. The number of nitrogens with zero attached hydrogens (tertiary/aromatic N) is 3. The molecule has 0 aromatic carbocycles. The number of oxime groups is 1. The lowest BCUT2D eigenvalue weighted by atomic mass is 9.75. The molecule has 8 nitrogen and oxygen atoms in total. The van der Waals surface area contributed by atoms with Gasteiger partial charge < -0.3 is 14.8 Å². The Hall–Kier alpha value is -2.39.